The second kappa shape index (κ2) is 4.12. The van der Waals surface area contributed by atoms with Gasteiger partial charge in [-0.1, -0.05) is 0 Å². The van der Waals surface area contributed by atoms with E-state index in [0.29, 0.717) is 15.9 Å². The Bertz CT molecular complexity index is 742. The zero-order valence-electron chi connectivity index (χ0n) is 11.3. The molecule has 0 radical (unpaired) electrons. The van der Waals surface area contributed by atoms with Gasteiger partial charge in [-0.15, -0.1) is 11.3 Å². The number of fused-ring (bicyclic) bond motifs is 1. The number of rotatable bonds is 2. The van der Waals surface area contributed by atoms with E-state index in [-0.39, 0.29) is 23.4 Å². The Hall–Kier alpha value is -1.77. The molecule has 0 aromatic carbocycles. The maximum Gasteiger partial charge on any atom is 0.411 e. The zero-order chi connectivity index (χ0) is 15.6. The maximum absolute atomic E-state index is 12.9. The van der Waals surface area contributed by atoms with Gasteiger partial charge < -0.3 is 11.1 Å². The van der Waals surface area contributed by atoms with Crippen molar-refractivity contribution in [3.05, 3.63) is 10.6 Å². The summed E-state index contributed by atoms with van der Waals surface area (Å²) in [6.45, 7) is 1.74. The number of carbonyl (C=O) groups is 1. The molecule has 3 rings (SSSR count). The van der Waals surface area contributed by atoms with E-state index in [2.05, 4.69) is 10.4 Å². The number of nitrogens with zero attached hydrogens (tertiary/aromatic N) is 2. The average molecular weight is 318 g/mol. The molecule has 5 nitrogen and oxygen atoms in total. The van der Waals surface area contributed by atoms with Crippen LogP contribution in [0.5, 0.6) is 0 Å². The smallest absolute Gasteiger partial charge is 0.397 e. The van der Waals surface area contributed by atoms with Crippen molar-refractivity contribution in [1.29, 1.82) is 0 Å². The maximum atomic E-state index is 12.9. The van der Waals surface area contributed by atoms with Gasteiger partial charge >= 0.3 is 6.18 Å². The molecule has 0 atom stereocenters. The molecule has 2 aromatic heterocycles. The standard InChI is InChI=1S/C12H13F3N4OS/c1-5-6-7(16)8(21-10(6)19(2)18-5)9(20)17-11(3-4-11)12(13,14)15/h3-4,16H2,1-2H3,(H,17,20). The van der Waals surface area contributed by atoms with E-state index in [1.165, 1.54) is 0 Å². The number of alkyl halides is 3. The van der Waals surface area contributed by atoms with Crippen LogP contribution < -0.4 is 11.1 Å². The topological polar surface area (TPSA) is 72.9 Å². The highest BCUT2D eigenvalue weighted by Gasteiger charge is 2.64. The lowest BCUT2D eigenvalue weighted by Gasteiger charge is -2.20. The summed E-state index contributed by atoms with van der Waals surface area (Å²) in [5, 5.41) is 6.89. The van der Waals surface area contributed by atoms with E-state index in [4.69, 9.17) is 5.73 Å². The Morgan fingerprint density at radius 3 is 2.57 bits per heavy atom. The van der Waals surface area contributed by atoms with Crippen LogP contribution in [-0.2, 0) is 7.05 Å². The van der Waals surface area contributed by atoms with Gasteiger partial charge in [0.2, 0.25) is 0 Å². The van der Waals surface area contributed by atoms with Crippen LogP contribution in [0.4, 0.5) is 18.9 Å². The summed E-state index contributed by atoms with van der Waals surface area (Å²) in [6.07, 6.45) is -4.62. The summed E-state index contributed by atoms with van der Waals surface area (Å²) in [6, 6.07) is 0. The van der Waals surface area contributed by atoms with E-state index in [0.717, 1.165) is 11.3 Å². The van der Waals surface area contributed by atoms with Gasteiger partial charge in [-0.25, -0.2) is 0 Å². The van der Waals surface area contributed by atoms with E-state index in [1.54, 1.807) is 18.7 Å². The molecule has 0 saturated heterocycles. The number of nitrogen functional groups attached to an aromatic ring is 1. The predicted molar refractivity (Wildman–Crippen MR) is 73.2 cm³/mol. The summed E-state index contributed by atoms with van der Waals surface area (Å²) < 4.78 is 40.2. The molecular formula is C12H13F3N4OS. The van der Waals surface area contributed by atoms with Gasteiger partial charge in [0.25, 0.3) is 5.91 Å². The van der Waals surface area contributed by atoms with Crippen LogP contribution in [0.25, 0.3) is 10.2 Å². The quantitative estimate of drug-likeness (QED) is 0.893. The van der Waals surface area contributed by atoms with Gasteiger partial charge in [-0.3, -0.25) is 9.48 Å². The first-order chi connectivity index (χ1) is 9.66. The average Bonchev–Trinajstić information content (AvgIpc) is 2.97. The van der Waals surface area contributed by atoms with E-state index in [1.807, 2.05) is 0 Å². The van der Waals surface area contributed by atoms with Gasteiger partial charge in [0.05, 0.1) is 16.8 Å². The van der Waals surface area contributed by atoms with Crippen molar-refractivity contribution in [2.45, 2.75) is 31.5 Å². The molecule has 0 bridgehead atoms. The van der Waals surface area contributed by atoms with Crippen LogP contribution in [0.15, 0.2) is 0 Å². The highest BCUT2D eigenvalue weighted by molar-refractivity contribution is 7.21. The Kier molecular flexibility index (Phi) is 2.78. The minimum absolute atomic E-state index is 0.0897. The van der Waals surface area contributed by atoms with Crippen molar-refractivity contribution in [1.82, 2.24) is 15.1 Å². The van der Waals surface area contributed by atoms with Gasteiger partial charge in [0, 0.05) is 7.05 Å². The molecule has 9 heteroatoms. The van der Waals surface area contributed by atoms with Crippen molar-refractivity contribution in [2.75, 3.05) is 5.73 Å². The van der Waals surface area contributed by atoms with Gasteiger partial charge in [0.1, 0.15) is 15.2 Å². The van der Waals surface area contributed by atoms with E-state index >= 15 is 0 Å². The Balaban J connectivity index is 1.96. The number of halogens is 3. The minimum Gasteiger partial charge on any atom is -0.397 e. The van der Waals surface area contributed by atoms with Crippen LogP contribution in [0.1, 0.15) is 28.2 Å². The van der Waals surface area contributed by atoms with Crippen LogP contribution >= 0.6 is 11.3 Å². The molecular weight excluding hydrogens is 305 g/mol. The number of hydrogen-bond acceptors (Lipinski definition) is 4. The Morgan fingerprint density at radius 1 is 1.48 bits per heavy atom. The van der Waals surface area contributed by atoms with E-state index < -0.39 is 17.6 Å². The number of nitrogens with two attached hydrogens (primary N) is 1. The lowest BCUT2D eigenvalue weighted by Crippen LogP contribution is -2.47. The lowest BCUT2D eigenvalue weighted by molar-refractivity contribution is -0.163. The molecule has 1 amide bonds. The number of thiophene rings is 1. The molecule has 0 aliphatic heterocycles. The molecule has 1 saturated carbocycles. The summed E-state index contributed by atoms with van der Waals surface area (Å²) in [5.41, 5.74) is 4.68. The van der Waals surface area contributed by atoms with E-state index in [9.17, 15) is 18.0 Å². The molecule has 2 heterocycles. The fourth-order valence-electron chi connectivity index (χ4n) is 2.38. The van der Waals surface area contributed by atoms with Crippen molar-refractivity contribution in [3.63, 3.8) is 0 Å². The second-order valence-corrected chi connectivity index (χ2v) is 6.27. The number of carbonyl (C=O) groups excluding carboxylic acids is 1. The van der Waals surface area contributed by atoms with Crippen molar-refractivity contribution in [3.8, 4) is 0 Å². The Morgan fingerprint density at radius 2 is 2.10 bits per heavy atom. The molecule has 1 fully saturated rings. The molecule has 3 N–H and O–H groups in total. The normalized spacial score (nSPS) is 17.2. The minimum atomic E-state index is -4.44. The molecule has 21 heavy (non-hydrogen) atoms. The predicted octanol–water partition coefficient (Wildman–Crippen LogP) is 2.35. The molecule has 0 unspecified atom stereocenters. The van der Waals surface area contributed by atoms with Crippen LogP contribution in [0.2, 0.25) is 0 Å². The summed E-state index contributed by atoms with van der Waals surface area (Å²) in [5.74, 6) is -0.775. The number of anilines is 1. The first kappa shape index (κ1) is 14.2. The SMILES string of the molecule is Cc1nn(C)c2sc(C(=O)NC3(C(F)(F)F)CC3)c(N)c12. The number of nitrogens with one attached hydrogen (secondary N) is 1. The molecule has 1 aliphatic rings. The zero-order valence-corrected chi connectivity index (χ0v) is 12.2. The summed E-state index contributed by atoms with van der Waals surface area (Å²) in [4.78, 5) is 12.9. The fourth-order valence-corrected chi connectivity index (χ4v) is 3.46. The van der Waals surface area contributed by atoms with Gasteiger partial charge in [-0.2, -0.15) is 18.3 Å². The number of amides is 1. The number of hydrogen-bond donors (Lipinski definition) is 2. The van der Waals surface area contributed by atoms with Crippen LogP contribution in [-0.4, -0.2) is 27.4 Å². The molecule has 114 valence electrons. The molecule has 1 aliphatic carbocycles. The van der Waals surface area contributed by atoms with Crippen molar-refractivity contribution >= 4 is 33.1 Å². The third kappa shape index (κ3) is 1.98. The molecule has 0 spiro atoms. The Labute approximate surface area is 121 Å². The first-order valence-corrected chi connectivity index (χ1v) is 7.09. The fraction of sp³-hybridized carbons (Fsp3) is 0.500. The van der Waals surface area contributed by atoms with Crippen molar-refractivity contribution in [2.24, 2.45) is 7.05 Å². The second-order valence-electron chi connectivity index (χ2n) is 5.27. The van der Waals surface area contributed by atoms with Gasteiger partial charge in [0.15, 0.2) is 0 Å². The van der Waals surface area contributed by atoms with Crippen LogP contribution in [0, 0.1) is 6.92 Å². The highest BCUT2D eigenvalue weighted by Crippen LogP contribution is 2.49. The first-order valence-electron chi connectivity index (χ1n) is 6.27. The lowest BCUT2D eigenvalue weighted by atomic mass is 10.2. The highest BCUT2D eigenvalue weighted by atomic mass is 32.1. The largest absolute Gasteiger partial charge is 0.411 e. The third-order valence-electron chi connectivity index (χ3n) is 3.73. The summed E-state index contributed by atoms with van der Waals surface area (Å²) >= 11 is 1.05. The monoisotopic (exact) mass is 318 g/mol. The number of aryl methyl sites for hydroxylation is 2. The van der Waals surface area contributed by atoms with Crippen molar-refractivity contribution < 1.29 is 18.0 Å². The third-order valence-corrected chi connectivity index (χ3v) is 5.01. The van der Waals surface area contributed by atoms with Gasteiger partial charge in [-0.05, 0) is 19.8 Å². The summed E-state index contributed by atoms with van der Waals surface area (Å²) in [7, 11) is 1.70. The number of aromatic nitrogens is 2. The van der Waals surface area contributed by atoms with Crippen LogP contribution in [0.3, 0.4) is 0 Å². The molecule has 2 aromatic rings.